The highest BCUT2D eigenvalue weighted by atomic mass is 16.5. The van der Waals surface area contributed by atoms with E-state index in [9.17, 15) is 5.26 Å². The molecule has 232 valence electrons. The van der Waals surface area contributed by atoms with Gasteiger partial charge < -0.3 is 4.74 Å². The van der Waals surface area contributed by atoms with Crippen molar-refractivity contribution in [2.24, 2.45) is 0 Å². The molecule has 0 fully saturated rings. The first-order chi connectivity index (χ1) is 24.7. The van der Waals surface area contributed by atoms with Gasteiger partial charge in [0.1, 0.15) is 11.5 Å². The molecular weight excluding hydrogens is 611 g/mol. The van der Waals surface area contributed by atoms with E-state index in [0.717, 1.165) is 61.5 Å². The zero-order valence-electron chi connectivity index (χ0n) is 26.8. The van der Waals surface area contributed by atoms with E-state index >= 15 is 0 Å². The van der Waals surface area contributed by atoms with Crippen molar-refractivity contribution in [3.05, 3.63) is 192 Å². The lowest BCUT2D eigenvalue weighted by atomic mass is 9.66. The Balaban J connectivity index is 1.11. The van der Waals surface area contributed by atoms with Gasteiger partial charge in [-0.2, -0.15) is 5.26 Å². The van der Waals surface area contributed by atoms with Crippen LogP contribution in [0.4, 0.5) is 0 Å². The highest BCUT2D eigenvalue weighted by Crippen LogP contribution is 2.62. The summed E-state index contributed by atoms with van der Waals surface area (Å²) in [6.07, 6.45) is 0. The first-order valence-electron chi connectivity index (χ1n) is 16.7. The second-order valence-corrected chi connectivity index (χ2v) is 12.8. The first-order valence-corrected chi connectivity index (χ1v) is 16.7. The van der Waals surface area contributed by atoms with Gasteiger partial charge in [-0.05, 0) is 69.8 Å². The predicted molar refractivity (Wildman–Crippen MR) is 198 cm³/mol. The number of nitrogens with zero attached hydrogens (tertiary/aromatic N) is 3. The quantitative estimate of drug-likeness (QED) is 0.193. The molecule has 8 aromatic rings. The molecule has 0 unspecified atom stereocenters. The largest absolute Gasteiger partial charge is 0.457 e. The maximum absolute atomic E-state index is 9.58. The molecule has 4 nitrogen and oxygen atoms in total. The van der Waals surface area contributed by atoms with E-state index in [0.29, 0.717) is 11.4 Å². The summed E-state index contributed by atoms with van der Waals surface area (Å²) in [7, 11) is 0. The van der Waals surface area contributed by atoms with E-state index in [1.807, 2.05) is 60.7 Å². The van der Waals surface area contributed by atoms with Crippen molar-refractivity contribution < 1.29 is 4.74 Å². The van der Waals surface area contributed by atoms with Crippen molar-refractivity contribution in [2.75, 3.05) is 0 Å². The zero-order chi connectivity index (χ0) is 33.2. The minimum Gasteiger partial charge on any atom is -0.457 e. The van der Waals surface area contributed by atoms with Gasteiger partial charge in [-0.1, -0.05) is 127 Å². The van der Waals surface area contributed by atoms with Gasteiger partial charge >= 0.3 is 0 Å². The van der Waals surface area contributed by atoms with Crippen molar-refractivity contribution in [2.45, 2.75) is 5.41 Å². The summed E-state index contributed by atoms with van der Waals surface area (Å²) < 4.78 is 6.48. The molecule has 2 heterocycles. The smallest absolute Gasteiger partial charge is 0.160 e. The van der Waals surface area contributed by atoms with Crippen LogP contribution in [0.1, 0.15) is 27.8 Å². The van der Waals surface area contributed by atoms with Crippen LogP contribution in [-0.2, 0) is 5.41 Å². The topological polar surface area (TPSA) is 58.8 Å². The average molecular weight is 638 g/mol. The number of ether oxygens (including phenoxy) is 1. The molecule has 1 aliphatic heterocycles. The third-order valence-corrected chi connectivity index (χ3v) is 10.2. The molecule has 7 aromatic carbocycles. The zero-order valence-corrected chi connectivity index (χ0v) is 26.8. The van der Waals surface area contributed by atoms with E-state index < -0.39 is 5.41 Å². The minimum absolute atomic E-state index is 0.476. The van der Waals surface area contributed by atoms with Gasteiger partial charge in [0.2, 0.25) is 0 Å². The molecule has 0 radical (unpaired) electrons. The molecule has 4 heteroatoms. The van der Waals surface area contributed by atoms with Crippen molar-refractivity contribution in [3.8, 4) is 62.5 Å². The fourth-order valence-electron chi connectivity index (χ4n) is 7.99. The Hall–Kier alpha value is -6.83. The van der Waals surface area contributed by atoms with Crippen LogP contribution in [0.3, 0.4) is 0 Å². The molecule has 0 bridgehead atoms. The lowest BCUT2D eigenvalue weighted by Crippen LogP contribution is -2.32. The normalized spacial score (nSPS) is 13.1. The van der Waals surface area contributed by atoms with Crippen molar-refractivity contribution in [3.63, 3.8) is 0 Å². The SMILES string of the molecule is N#Cc1ccc2c(-c3ccc(-c4ccc5c(c4)-c4ccccc4C54c5ccccc5Oc5ccccc54)cc3)nc(-c3ccccc3)nc2c1. The van der Waals surface area contributed by atoms with Gasteiger partial charge in [-0.25, -0.2) is 9.97 Å². The molecule has 0 saturated carbocycles. The van der Waals surface area contributed by atoms with E-state index in [1.165, 1.54) is 22.3 Å². The number of aromatic nitrogens is 2. The van der Waals surface area contributed by atoms with Crippen LogP contribution in [0.2, 0.25) is 0 Å². The van der Waals surface area contributed by atoms with Crippen LogP contribution < -0.4 is 4.74 Å². The second kappa shape index (κ2) is 10.8. The summed E-state index contributed by atoms with van der Waals surface area (Å²) in [6.45, 7) is 0. The Morgan fingerprint density at radius 3 is 1.84 bits per heavy atom. The fraction of sp³-hybridized carbons (Fsp3) is 0.0217. The molecule has 1 aromatic heterocycles. The summed E-state index contributed by atoms with van der Waals surface area (Å²) >= 11 is 0. The summed E-state index contributed by atoms with van der Waals surface area (Å²) in [5.74, 6) is 2.42. The predicted octanol–water partition coefficient (Wildman–Crippen LogP) is 11.0. The van der Waals surface area contributed by atoms with Crippen LogP contribution in [0.25, 0.3) is 55.8 Å². The number of rotatable bonds is 3. The third kappa shape index (κ3) is 4.04. The monoisotopic (exact) mass is 637 g/mol. The summed E-state index contributed by atoms with van der Waals surface area (Å²) in [4.78, 5) is 9.90. The van der Waals surface area contributed by atoms with E-state index in [1.54, 1.807) is 0 Å². The maximum Gasteiger partial charge on any atom is 0.160 e. The summed E-state index contributed by atoms with van der Waals surface area (Å²) in [5.41, 5.74) is 13.2. The molecule has 0 saturated heterocycles. The standard InChI is InChI=1S/C46H27N3O/c47-28-29-18-24-35-41(26-29)48-45(32-10-2-1-3-11-32)49-44(35)31-21-19-30(20-22-31)33-23-25-38-36(27-33)34-12-4-5-13-37(34)46(38)39-14-6-8-16-42(39)50-43-17-9-7-15-40(43)46/h1-27H. The van der Waals surface area contributed by atoms with E-state index in [2.05, 4.69) is 109 Å². The Bertz CT molecular complexity index is 2640. The van der Waals surface area contributed by atoms with Gasteiger partial charge in [0.05, 0.1) is 28.3 Å². The number of hydrogen-bond donors (Lipinski definition) is 0. The Labute approximate surface area is 289 Å². The van der Waals surface area contributed by atoms with Crippen LogP contribution in [0, 0.1) is 11.3 Å². The maximum atomic E-state index is 9.58. The summed E-state index contributed by atoms with van der Waals surface area (Å²) in [6, 6.07) is 59.1. The Kier molecular flexibility index (Phi) is 6.12. The fourth-order valence-corrected chi connectivity index (χ4v) is 7.99. The molecule has 0 amide bonds. The molecule has 10 rings (SSSR count). The number of para-hydroxylation sites is 2. The minimum atomic E-state index is -0.476. The Morgan fingerprint density at radius 1 is 0.480 bits per heavy atom. The van der Waals surface area contributed by atoms with Gasteiger partial charge in [0.15, 0.2) is 5.82 Å². The van der Waals surface area contributed by atoms with E-state index in [4.69, 9.17) is 14.7 Å². The molecular formula is C46H27N3O. The second-order valence-electron chi connectivity index (χ2n) is 12.8. The Morgan fingerprint density at radius 2 is 1.10 bits per heavy atom. The number of nitriles is 1. The highest BCUT2D eigenvalue weighted by molar-refractivity contribution is 5.95. The number of benzene rings is 7. The number of fused-ring (bicyclic) bond motifs is 10. The molecule has 1 aliphatic carbocycles. The van der Waals surface area contributed by atoms with Gasteiger partial charge in [0.25, 0.3) is 0 Å². The van der Waals surface area contributed by atoms with Gasteiger partial charge in [-0.3, -0.25) is 0 Å². The van der Waals surface area contributed by atoms with E-state index in [-0.39, 0.29) is 0 Å². The molecule has 0 N–H and O–H groups in total. The third-order valence-electron chi connectivity index (χ3n) is 10.2. The first kappa shape index (κ1) is 28.2. The molecule has 0 atom stereocenters. The van der Waals surface area contributed by atoms with Crippen LogP contribution in [-0.4, -0.2) is 9.97 Å². The van der Waals surface area contributed by atoms with Crippen molar-refractivity contribution >= 4 is 10.9 Å². The summed E-state index contributed by atoms with van der Waals surface area (Å²) in [5, 5.41) is 10.5. The lowest BCUT2D eigenvalue weighted by Gasteiger charge is -2.39. The highest BCUT2D eigenvalue weighted by Gasteiger charge is 2.50. The number of hydrogen-bond acceptors (Lipinski definition) is 4. The molecule has 2 aliphatic rings. The molecule has 1 spiro atoms. The van der Waals surface area contributed by atoms with Gasteiger partial charge in [0, 0.05) is 27.6 Å². The van der Waals surface area contributed by atoms with Crippen LogP contribution in [0.15, 0.2) is 164 Å². The lowest BCUT2D eigenvalue weighted by molar-refractivity contribution is 0.436. The van der Waals surface area contributed by atoms with Crippen LogP contribution >= 0.6 is 0 Å². The van der Waals surface area contributed by atoms with Gasteiger partial charge in [-0.15, -0.1) is 0 Å². The van der Waals surface area contributed by atoms with Crippen molar-refractivity contribution in [1.82, 2.24) is 9.97 Å². The van der Waals surface area contributed by atoms with Crippen molar-refractivity contribution in [1.29, 1.82) is 5.26 Å². The van der Waals surface area contributed by atoms with Crippen LogP contribution in [0.5, 0.6) is 11.5 Å². The molecule has 50 heavy (non-hydrogen) atoms. The average Bonchev–Trinajstić information content (AvgIpc) is 3.47.